The molecular weight excluding hydrogens is 318 g/mol. The third-order valence-electron chi connectivity index (χ3n) is 4.20. The third kappa shape index (κ3) is 2.82. The molecule has 3 aromatic rings. The van der Waals surface area contributed by atoms with Crippen LogP contribution in [0.5, 0.6) is 0 Å². The Morgan fingerprint density at radius 1 is 1.20 bits per heavy atom. The summed E-state index contributed by atoms with van der Waals surface area (Å²) in [6.07, 6.45) is 10.7. The number of ether oxygens (including phenoxy) is 1. The first kappa shape index (κ1) is 15.6. The van der Waals surface area contributed by atoms with Crippen molar-refractivity contribution in [2.45, 2.75) is 6.61 Å². The molecule has 1 saturated heterocycles. The Morgan fingerprint density at radius 3 is 2.72 bits per heavy atom. The second-order valence-corrected chi connectivity index (χ2v) is 5.73. The molecule has 1 aliphatic rings. The van der Waals surface area contributed by atoms with E-state index in [-0.39, 0.29) is 6.61 Å². The Labute approximate surface area is 144 Å². The minimum atomic E-state index is -0.127. The number of aliphatic hydroxyl groups is 1. The number of hydrogen-bond acceptors (Lipinski definition) is 6. The summed E-state index contributed by atoms with van der Waals surface area (Å²) in [6, 6.07) is 3.70. The van der Waals surface area contributed by atoms with Crippen molar-refractivity contribution in [3.63, 3.8) is 0 Å². The number of rotatable bonds is 3. The summed E-state index contributed by atoms with van der Waals surface area (Å²) in [7, 11) is 0. The van der Waals surface area contributed by atoms with Crippen molar-refractivity contribution in [3.05, 3.63) is 42.1 Å². The monoisotopic (exact) mass is 335 g/mol. The topological polar surface area (TPSA) is 75.8 Å². The molecule has 0 saturated carbocycles. The van der Waals surface area contributed by atoms with Gasteiger partial charge in [0.05, 0.1) is 37.4 Å². The van der Waals surface area contributed by atoms with Gasteiger partial charge in [-0.15, -0.1) is 6.42 Å². The molecule has 126 valence electrons. The molecule has 4 heterocycles. The average Bonchev–Trinajstić information content (AvgIpc) is 3.12. The zero-order valence-corrected chi connectivity index (χ0v) is 13.6. The summed E-state index contributed by atoms with van der Waals surface area (Å²) in [5.74, 6) is 3.30. The van der Waals surface area contributed by atoms with Crippen LogP contribution in [0, 0.1) is 12.3 Å². The normalized spacial score (nSPS) is 14.6. The van der Waals surface area contributed by atoms with Crippen LogP contribution in [0.3, 0.4) is 0 Å². The van der Waals surface area contributed by atoms with Gasteiger partial charge in [-0.2, -0.15) is 0 Å². The SMILES string of the molecule is C#Cc1ccc(-c2cnc(N3CCOCC3)c3nc(CO)cn23)cn1. The number of pyridine rings is 1. The number of imidazole rings is 1. The van der Waals surface area contributed by atoms with E-state index < -0.39 is 0 Å². The highest BCUT2D eigenvalue weighted by Gasteiger charge is 2.19. The zero-order chi connectivity index (χ0) is 17.2. The molecule has 0 spiro atoms. The number of hydrogen-bond donors (Lipinski definition) is 1. The van der Waals surface area contributed by atoms with Crippen LogP contribution in [-0.2, 0) is 11.3 Å². The van der Waals surface area contributed by atoms with Crippen LogP contribution in [0.1, 0.15) is 11.4 Å². The van der Waals surface area contributed by atoms with Gasteiger partial charge >= 0.3 is 0 Å². The van der Waals surface area contributed by atoms with E-state index in [0.717, 1.165) is 30.2 Å². The summed E-state index contributed by atoms with van der Waals surface area (Å²) in [5, 5.41) is 9.51. The summed E-state index contributed by atoms with van der Waals surface area (Å²) >= 11 is 0. The predicted octanol–water partition coefficient (Wildman–Crippen LogP) is 1.10. The molecule has 0 amide bonds. The largest absolute Gasteiger partial charge is 0.390 e. The fourth-order valence-corrected chi connectivity index (χ4v) is 2.93. The van der Waals surface area contributed by atoms with Crippen molar-refractivity contribution >= 4 is 11.5 Å². The van der Waals surface area contributed by atoms with Gasteiger partial charge in [0.15, 0.2) is 11.5 Å². The molecule has 0 bridgehead atoms. The molecule has 0 aromatic carbocycles. The van der Waals surface area contributed by atoms with E-state index in [1.807, 2.05) is 16.7 Å². The Bertz CT molecular complexity index is 936. The van der Waals surface area contributed by atoms with E-state index in [9.17, 15) is 5.11 Å². The molecule has 25 heavy (non-hydrogen) atoms. The zero-order valence-electron chi connectivity index (χ0n) is 13.6. The maximum absolute atomic E-state index is 9.51. The maximum Gasteiger partial charge on any atom is 0.181 e. The molecule has 1 N–H and O–H groups in total. The van der Waals surface area contributed by atoms with Gasteiger partial charge in [-0.25, -0.2) is 15.0 Å². The Kier molecular flexibility index (Phi) is 4.06. The number of aromatic nitrogens is 4. The highest BCUT2D eigenvalue weighted by Crippen LogP contribution is 2.26. The van der Waals surface area contributed by atoms with Gasteiger partial charge in [-0.05, 0) is 12.1 Å². The van der Waals surface area contributed by atoms with Crippen LogP contribution in [0.4, 0.5) is 5.82 Å². The highest BCUT2D eigenvalue weighted by atomic mass is 16.5. The third-order valence-corrected chi connectivity index (χ3v) is 4.20. The maximum atomic E-state index is 9.51. The number of terminal acetylenes is 1. The van der Waals surface area contributed by atoms with E-state index in [1.165, 1.54) is 0 Å². The van der Waals surface area contributed by atoms with E-state index in [2.05, 4.69) is 25.8 Å². The van der Waals surface area contributed by atoms with Gasteiger partial charge in [0.1, 0.15) is 5.69 Å². The van der Waals surface area contributed by atoms with Crippen molar-refractivity contribution in [1.82, 2.24) is 19.4 Å². The van der Waals surface area contributed by atoms with Crippen molar-refractivity contribution in [2.75, 3.05) is 31.2 Å². The van der Waals surface area contributed by atoms with Crippen molar-refractivity contribution in [3.8, 4) is 23.6 Å². The van der Waals surface area contributed by atoms with E-state index >= 15 is 0 Å². The van der Waals surface area contributed by atoms with Crippen LogP contribution in [0.2, 0.25) is 0 Å². The van der Waals surface area contributed by atoms with E-state index in [4.69, 9.17) is 11.2 Å². The highest BCUT2D eigenvalue weighted by molar-refractivity contribution is 5.71. The summed E-state index contributed by atoms with van der Waals surface area (Å²) in [6.45, 7) is 2.74. The lowest BCUT2D eigenvalue weighted by Crippen LogP contribution is -2.37. The van der Waals surface area contributed by atoms with Crippen LogP contribution in [0.15, 0.2) is 30.7 Å². The predicted molar refractivity (Wildman–Crippen MR) is 93.1 cm³/mol. The van der Waals surface area contributed by atoms with Crippen molar-refractivity contribution < 1.29 is 9.84 Å². The van der Waals surface area contributed by atoms with Gasteiger partial charge in [-0.3, -0.25) is 4.40 Å². The number of aliphatic hydroxyl groups excluding tert-OH is 1. The minimum absolute atomic E-state index is 0.127. The summed E-state index contributed by atoms with van der Waals surface area (Å²) < 4.78 is 7.35. The molecule has 0 aliphatic carbocycles. The number of anilines is 1. The molecule has 3 aromatic heterocycles. The lowest BCUT2D eigenvalue weighted by atomic mass is 10.2. The molecule has 0 radical (unpaired) electrons. The van der Waals surface area contributed by atoms with Gasteiger partial charge in [0, 0.05) is 31.0 Å². The van der Waals surface area contributed by atoms with Crippen molar-refractivity contribution in [1.29, 1.82) is 0 Å². The molecule has 7 nitrogen and oxygen atoms in total. The van der Waals surface area contributed by atoms with Crippen LogP contribution < -0.4 is 4.90 Å². The number of nitrogens with zero attached hydrogens (tertiary/aromatic N) is 5. The molecule has 1 aliphatic heterocycles. The van der Waals surface area contributed by atoms with Crippen LogP contribution in [0.25, 0.3) is 16.9 Å². The number of fused-ring (bicyclic) bond motifs is 1. The lowest BCUT2D eigenvalue weighted by molar-refractivity contribution is 0.122. The first-order valence-corrected chi connectivity index (χ1v) is 8.03. The molecular formula is C18H17N5O2. The minimum Gasteiger partial charge on any atom is -0.390 e. The van der Waals surface area contributed by atoms with Gasteiger partial charge < -0.3 is 14.7 Å². The second-order valence-electron chi connectivity index (χ2n) is 5.73. The first-order valence-electron chi connectivity index (χ1n) is 8.03. The van der Waals surface area contributed by atoms with E-state index in [0.29, 0.717) is 30.2 Å². The Hall–Kier alpha value is -2.95. The van der Waals surface area contributed by atoms with Gasteiger partial charge in [0.25, 0.3) is 0 Å². The van der Waals surface area contributed by atoms with E-state index in [1.54, 1.807) is 18.5 Å². The number of morpholine rings is 1. The molecule has 4 rings (SSSR count). The fourth-order valence-electron chi connectivity index (χ4n) is 2.93. The Morgan fingerprint density at radius 2 is 2.04 bits per heavy atom. The summed E-state index contributed by atoms with van der Waals surface area (Å²) in [5.41, 5.74) is 3.61. The second kappa shape index (κ2) is 6.51. The Balaban J connectivity index is 1.85. The summed E-state index contributed by atoms with van der Waals surface area (Å²) in [4.78, 5) is 15.6. The molecule has 0 unspecified atom stereocenters. The lowest BCUT2D eigenvalue weighted by Gasteiger charge is -2.28. The molecule has 0 atom stereocenters. The quantitative estimate of drug-likeness (QED) is 0.723. The first-order chi connectivity index (χ1) is 12.3. The van der Waals surface area contributed by atoms with Gasteiger partial charge in [0.2, 0.25) is 0 Å². The standard InChI is InChI=1S/C18H17N5O2/c1-2-14-4-3-13(9-19-14)16-10-20-17(22-5-7-25-8-6-22)18-21-15(12-24)11-23(16)18/h1,3-4,9-11,24H,5-8,12H2. The van der Waals surface area contributed by atoms with Crippen molar-refractivity contribution in [2.24, 2.45) is 0 Å². The van der Waals surface area contributed by atoms with Crippen LogP contribution in [-0.4, -0.2) is 50.8 Å². The van der Waals surface area contributed by atoms with Crippen LogP contribution >= 0.6 is 0 Å². The average molecular weight is 335 g/mol. The van der Waals surface area contributed by atoms with Gasteiger partial charge in [-0.1, -0.05) is 5.92 Å². The smallest absolute Gasteiger partial charge is 0.181 e. The molecule has 1 fully saturated rings. The molecule has 7 heteroatoms. The fraction of sp³-hybridized carbons (Fsp3) is 0.278.